The highest BCUT2D eigenvalue weighted by atomic mass is 35.7. The summed E-state index contributed by atoms with van der Waals surface area (Å²) >= 11 is 0. The predicted molar refractivity (Wildman–Crippen MR) is 55.7 cm³/mol. The summed E-state index contributed by atoms with van der Waals surface area (Å²) in [5.41, 5.74) is 0. The van der Waals surface area contributed by atoms with Gasteiger partial charge in [-0.3, -0.25) is 0 Å². The van der Waals surface area contributed by atoms with Crippen molar-refractivity contribution in [2.24, 2.45) is 0 Å². The fourth-order valence-corrected chi connectivity index (χ4v) is 3.54. The molecule has 0 saturated heterocycles. The lowest BCUT2D eigenvalue weighted by Crippen LogP contribution is -2.20. The molecular formula is C7H8ClNO4S2. The first-order valence-corrected chi connectivity index (χ1v) is 7.55. The van der Waals surface area contributed by atoms with Crippen LogP contribution in [0.3, 0.4) is 0 Å². The molecule has 0 radical (unpaired) electrons. The van der Waals surface area contributed by atoms with Gasteiger partial charge in [0.05, 0.1) is 0 Å². The largest absolute Gasteiger partial charge is 0.262 e. The Hall–Kier alpha value is -0.630. The third-order valence-electron chi connectivity index (χ3n) is 1.67. The van der Waals surface area contributed by atoms with Gasteiger partial charge in [-0.15, -0.1) is 0 Å². The second kappa shape index (κ2) is 4.09. The molecule has 8 heteroatoms. The van der Waals surface area contributed by atoms with Crippen LogP contribution in [-0.2, 0) is 19.1 Å². The summed E-state index contributed by atoms with van der Waals surface area (Å²) < 4.78 is 47.1. The molecule has 1 rings (SSSR count). The average molecular weight is 270 g/mol. The average Bonchev–Trinajstić information content (AvgIpc) is 2.16. The lowest BCUT2D eigenvalue weighted by molar-refractivity contribution is 0.581. The SMILES string of the molecule is CNS(=O)(=O)c1ccccc1S(=O)(=O)Cl. The van der Waals surface area contributed by atoms with Crippen molar-refractivity contribution < 1.29 is 16.8 Å². The van der Waals surface area contributed by atoms with Crippen molar-refractivity contribution >= 4 is 29.8 Å². The molecule has 1 N–H and O–H groups in total. The Balaban J connectivity index is 3.59. The Labute approximate surface area is 92.5 Å². The molecule has 84 valence electrons. The molecule has 15 heavy (non-hydrogen) atoms. The van der Waals surface area contributed by atoms with Crippen molar-refractivity contribution in [3.8, 4) is 0 Å². The van der Waals surface area contributed by atoms with Crippen molar-refractivity contribution in [2.75, 3.05) is 7.05 Å². The van der Waals surface area contributed by atoms with Crippen molar-refractivity contribution in [1.29, 1.82) is 0 Å². The van der Waals surface area contributed by atoms with E-state index in [1.807, 2.05) is 4.72 Å². The fourth-order valence-electron chi connectivity index (χ4n) is 0.984. The zero-order chi connectivity index (χ0) is 11.7. The Morgan fingerprint density at radius 3 is 1.93 bits per heavy atom. The van der Waals surface area contributed by atoms with Crippen LogP contribution in [0.4, 0.5) is 0 Å². The summed E-state index contributed by atoms with van der Waals surface area (Å²) in [4.78, 5) is -0.788. The molecule has 5 nitrogen and oxygen atoms in total. The Kier molecular flexibility index (Phi) is 3.39. The van der Waals surface area contributed by atoms with E-state index in [1.165, 1.54) is 25.2 Å². The third-order valence-corrected chi connectivity index (χ3v) is 4.65. The van der Waals surface area contributed by atoms with Gasteiger partial charge >= 0.3 is 0 Å². The highest BCUT2D eigenvalue weighted by Crippen LogP contribution is 2.23. The number of sulfonamides is 1. The van der Waals surface area contributed by atoms with Gasteiger partial charge in [-0.25, -0.2) is 21.6 Å². The molecule has 0 aliphatic rings. The van der Waals surface area contributed by atoms with Crippen LogP contribution in [0.5, 0.6) is 0 Å². The first-order chi connectivity index (χ1) is 6.79. The van der Waals surface area contributed by atoms with Crippen LogP contribution in [0.1, 0.15) is 0 Å². The predicted octanol–water partition coefficient (Wildman–Crippen LogP) is 0.522. The van der Waals surface area contributed by atoms with E-state index >= 15 is 0 Å². The Morgan fingerprint density at radius 2 is 1.53 bits per heavy atom. The second-order valence-corrected chi connectivity index (χ2v) is 6.98. The minimum absolute atomic E-state index is 0.359. The normalized spacial score (nSPS) is 12.7. The van der Waals surface area contributed by atoms with Crippen molar-refractivity contribution in [3.05, 3.63) is 24.3 Å². The van der Waals surface area contributed by atoms with Crippen LogP contribution in [0.15, 0.2) is 34.1 Å². The van der Waals surface area contributed by atoms with Crippen LogP contribution in [0.2, 0.25) is 0 Å². The molecule has 1 aromatic rings. The maximum atomic E-state index is 11.4. The highest BCUT2D eigenvalue weighted by Gasteiger charge is 2.23. The smallest absolute Gasteiger partial charge is 0.214 e. The van der Waals surface area contributed by atoms with E-state index in [9.17, 15) is 16.8 Å². The molecule has 0 aliphatic heterocycles. The van der Waals surface area contributed by atoms with E-state index in [1.54, 1.807) is 0 Å². The molecule has 0 amide bonds. The van der Waals surface area contributed by atoms with Crippen LogP contribution >= 0.6 is 10.7 Å². The molecule has 0 unspecified atom stereocenters. The van der Waals surface area contributed by atoms with E-state index < -0.39 is 24.0 Å². The van der Waals surface area contributed by atoms with E-state index in [-0.39, 0.29) is 4.90 Å². The summed E-state index contributed by atoms with van der Waals surface area (Å²) in [6.45, 7) is 0. The van der Waals surface area contributed by atoms with Gasteiger partial charge in [-0.1, -0.05) is 12.1 Å². The first-order valence-electron chi connectivity index (χ1n) is 3.76. The van der Waals surface area contributed by atoms with Crippen molar-refractivity contribution in [1.82, 2.24) is 4.72 Å². The van der Waals surface area contributed by atoms with Crippen molar-refractivity contribution in [3.63, 3.8) is 0 Å². The van der Waals surface area contributed by atoms with Gasteiger partial charge in [0.1, 0.15) is 9.79 Å². The van der Waals surface area contributed by atoms with Crippen molar-refractivity contribution in [2.45, 2.75) is 9.79 Å². The Morgan fingerprint density at radius 1 is 1.07 bits per heavy atom. The fraction of sp³-hybridized carbons (Fsp3) is 0.143. The summed E-state index contributed by atoms with van der Waals surface area (Å²) in [6, 6.07) is 5.10. The molecule has 0 spiro atoms. The zero-order valence-electron chi connectivity index (χ0n) is 7.64. The van der Waals surface area contributed by atoms with Crippen LogP contribution in [0.25, 0.3) is 0 Å². The van der Waals surface area contributed by atoms with Gasteiger partial charge in [0.15, 0.2) is 0 Å². The summed E-state index contributed by atoms with van der Waals surface area (Å²) in [7, 11) is -1.61. The van der Waals surface area contributed by atoms with Gasteiger partial charge < -0.3 is 0 Å². The third kappa shape index (κ3) is 2.69. The van der Waals surface area contributed by atoms with E-state index in [2.05, 4.69) is 0 Å². The molecule has 0 aliphatic carbocycles. The number of halogens is 1. The maximum Gasteiger partial charge on any atom is 0.262 e. The van der Waals surface area contributed by atoms with E-state index in [0.717, 1.165) is 6.07 Å². The summed E-state index contributed by atoms with van der Waals surface area (Å²) in [6.07, 6.45) is 0. The monoisotopic (exact) mass is 269 g/mol. The van der Waals surface area contributed by atoms with Gasteiger partial charge in [0.25, 0.3) is 9.05 Å². The number of hydrogen-bond donors (Lipinski definition) is 1. The summed E-state index contributed by atoms with van der Waals surface area (Å²) in [5, 5.41) is 0. The number of rotatable bonds is 3. The van der Waals surface area contributed by atoms with Crippen LogP contribution in [-0.4, -0.2) is 23.9 Å². The Bertz CT molecular complexity index is 564. The van der Waals surface area contributed by atoms with Crippen LogP contribution < -0.4 is 4.72 Å². The molecule has 1 aromatic carbocycles. The zero-order valence-corrected chi connectivity index (χ0v) is 10.0. The number of benzene rings is 1. The molecular weight excluding hydrogens is 262 g/mol. The van der Waals surface area contributed by atoms with Gasteiger partial charge in [-0.2, -0.15) is 0 Å². The summed E-state index contributed by atoms with van der Waals surface area (Å²) in [5.74, 6) is 0. The lowest BCUT2D eigenvalue weighted by atomic mass is 10.4. The molecule has 0 aromatic heterocycles. The highest BCUT2D eigenvalue weighted by molar-refractivity contribution is 8.14. The van der Waals surface area contributed by atoms with E-state index in [0.29, 0.717) is 0 Å². The van der Waals surface area contributed by atoms with E-state index in [4.69, 9.17) is 10.7 Å². The minimum Gasteiger partial charge on any atom is -0.214 e. The first kappa shape index (κ1) is 12.4. The topological polar surface area (TPSA) is 80.3 Å². The molecule has 0 fully saturated rings. The second-order valence-electron chi connectivity index (χ2n) is 2.59. The molecule has 0 atom stereocenters. The lowest BCUT2D eigenvalue weighted by Gasteiger charge is -2.06. The molecule has 0 saturated carbocycles. The minimum atomic E-state index is -4.07. The van der Waals surface area contributed by atoms with Gasteiger partial charge in [0, 0.05) is 10.7 Å². The standard InChI is InChI=1S/C7H8ClNO4S2/c1-9-15(12,13)7-5-3-2-4-6(7)14(8,10)11/h2-5,9H,1H3. The molecule has 0 bridgehead atoms. The molecule has 0 heterocycles. The number of nitrogens with one attached hydrogen (secondary N) is 1. The van der Waals surface area contributed by atoms with Gasteiger partial charge in [0.2, 0.25) is 10.0 Å². The number of hydrogen-bond acceptors (Lipinski definition) is 4. The van der Waals surface area contributed by atoms with Crippen LogP contribution in [0, 0.1) is 0 Å². The quantitative estimate of drug-likeness (QED) is 0.812. The maximum absolute atomic E-state index is 11.4. The van der Waals surface area contributed by atoms with Gasteiger partial charge in [-0.05, 0) is 19.2 Å².